The zero-order chi connectivity index (χ0) is 17.2. The summed E-state index contributed by atoms with van der Waals surface area (Å²) in [4.78, 5) is 11.9. The van der Waals surface area contributed by atoms with E-state index in [1.165, 1.54) is 4.68 Å². The van der Waals surface area contributed by atoms with E-state index in [4.69, 9.17) is 11.6 Å². The molecule has 0 radical (unpaired) electrons. The second-order valence-electron chi connectivity index (χ2n) is 4.99. The van der Waals surface area contributed by atoms with Gasteiger partial charge in [0.25, 0.3) is 0 Å². The van der Waals surface area contributed by atoms with Gasteiger partial charge in [0, 0.05) is 5.02 Å². The smallest absolute Gasteiger partial charge is 0.422 e. The molecule has 0 N–H and O–H groups in total. The molecule has 2 aromatic rings. The van der Waals surface area contributed by atoms with Crippen molar-refractivity contribution in [2.75, 3.05) is 6.61 Å². The van der Waals surface area contributed by atoms with Gasteiger partial charge in [0.2, 0.25) is 0 Å². The molecular formula is C15H14ClF3N2O2. The number of hydrogen-bond acceptors (Lipinski definition) is 3. The maximum absolute atomic E-state index is 12.2. The van der Waals surface area contributed by atoms with Crippen LogP contribution in [0.2, 0.25) is 5.02 Å². The molecule has 0 aliphatic carbocycles. The van der Waals surface area contributed by atoms with Crippen molar-refractivity contribution in [1.29, 1.82) is 0 Å². The highest BCUT2D eigenvalue weighted by atomic mass is 35.5. The third-order valence-corrected chi connectivity index (χ3v) is 3.60. The molecular weight excluding hydrogens is 333 g/mol. The molecule has 0 amide bonds. The predicted octanol–water partition coefficient (Wildman–Crippen LogP) is 3.92. The third kappa shape index (κ3) is 4.25. The van der Waals surface area contributed by atoms with Crippen molar-refractivity contribution in [2.24, 2.45) is 0 Å². The summed E-state index contributed by atoms with van der Waals surface area (Å²) in [5.41, 5.74) is 1.56. The Hall–Kier alpha value is -2.02. The van der Waals surface area contributed by atoms with Gasteiger partial charge in [0.15, 0.2) is 6.61 Å². The largest absolute Gasteiger partial charge is 0.452 e. The Morgan fingerprint density at radius 3 is 2.57 bits per heavy atom. The van der Waals surface area contributed by atoms with Gasteiger partial charge >= 0.3 is 12.1 Å². The van der Waals surface area contributed by atoms with Gasteiger partial charge in [-0.1, -0.05) is 29.8 Å². The molecule has 1 aromatic carbocycles. The van der Waals surface area contributed by atoms with Crippen LogP contribution in [0.15, 0.2) is 24.3 Å². The Morgan fingerprint density at radius 1 is 1.30 bits per heavy atom. The second kappa shape index (κ2) is 6.62. The number of rotatable bonds is 4. The minimum atomic E-state index is -4.56. The topological polar surface area (TPSA) is 44.1 Å². The fraction of sp³-hybridized carbons (Fsp3) is 0.333. The number of alkyl halides is 3. The van der Waals surface area contributed by atoms with Crippen molar-refractivity contribution in [2.45, 2.75) is 26.6 Å². The second-order valence-corrected chi connectivity index (χ2v) is 5.39. The third-order valence-electron chi connectivity index (χ3n) is 3.23. The highest BCUT2D eigenvalue weighted by Gasteiger charge is 2.31. The Kier molecular flexibility index (Phi) is 4.99. The van der Waals surface area contributed by atoms with E-state index >= 15 is 0 Å². The van der Waals surface area contributed by atoms with E-state index in [2.05, 4.69) is 9.84 Å². The van der Waals surface area contributed by atoms with Crippen LogP contribution in [0, 0.1) is 13.8 Å². The fourth-order valence-corrected chi connectivity index (χ4v) is 2.35. The van der Waals surface area contributed by atoms with Crippen LogP contribution in [-0.4, -0.2) is 28.5 Å². The normalized spacial score (nSPS) is 11.6. The van der Waals surface area contributed by atoms with Crippen molar-refractivity contribution in [3.63, 3.8) is 0 Å². The average molecular weight is 347 g/mol. The monoisotopic (exact) mass is 346 g/mol. The molecule has 1 aromatic heterocycles. The molecule has 0 aliphatic heterocycles. The van der Waals surface area contributed by atoms with Crippen molar-refractivity contribution in [3.05, 3.63) is 51.8 Å². The summed E-state index contributed by atoms with van der Waals surface area (Å²) >= 11 is 6.08. The first kappa shape index (κ1) is 17.3. The number of benzene rings is 1. The summed E-state index contributed by atoms with van der Waals surface area (Å²) in [6.45, 7) is 1.82. The van der Waals surface area contributed by atoms with Crippen molar-refractivity contribution in [1.82, 2.24) is 9.78 Å². The van der Waals surface area contributed by atoms with Crippen LogP contribution in [0.1, 0.15) is 27.3 Å². The number of carbonyl (C=O) groups is 1. The lowest BCUT2D eigenvalue weighted by molar-refractivity contribution is -0.161. The van der Waals surface area contributed by atoms with Gasteiger partial charge in [0.05, 0.1) is 17.9 Å². The molecule has 0 fully saturated rings. The van der Waals surface area contributed by atoms with Crippen molar-refractivity contribution < 1.29 is 22.7 Å². The van der Waals surface area contributed by atoms with Gasteiger partial charge in [-0.25, -0.2) is 4.79 Å². The molecule has 2 rings (SSSR count). The lowest BCUT2D eigenvalue weighted by atomic mass is 10.2. The molecule has 0 saturated carbocycles. The molecule has 124 valence electrons. The summed E-state index contributed by atoms with van der Waals surface area (Å²) in [5, 5.41) is 4.73. The average Bonchev–Trinajstić information content (AvgIpc) is 2.73. The number of ether oxygens (including phenoxy) is 1. The molecule has 8 heteroatoms. The van der Waals surface area contributed by atoms with Crippen LogP contribution in [-0.2, 0) is 11.3 Å². The molecule has 0 aliphatic rings. The fourth-order valence-electron chi connectivity index (χ4n) is 2.15. The van der Waals surface area contributed by atoms with Gasteiger partial charge in [-0.05, 0) is 25.5 Å². The number of halogens is 4. The Labute approximate surface area is 135 Å². The summed E-state index contributed by atoms with van der Waals surface area (Å²) in [6.07, 6.45) is -4.56. The lowest BCUT2D eigenvalue weighted by Crippen LogP contribution is -2.21. The van der Waals surface area contributed by atoms with Crippen LogP contribution in [0.25, 0.3) is 0 Å². The molecule has 0 saturated heterocycles. The highest BCUT2D eigenvalue weighted by Crippen LogP contribution is 2.21. The van der Waals surface area contributed by atoms with Gasteiger partial charge in [0.1, 0.15) is 5.56 Å². The molecule has 0 bridgehead atoms. The number of aromatic nitrogens is 2. The number of carbonyl (C=O) groups excluding carboxylic acids is 1. The molecule has 0 atom stereocenters. The quantitative estimate of drug-likeness (QED) is 0.788. The van der Waals surface area contributed by atoms with Crippen LogP contribution in [0.5, 0.6) is 0 Å². The van der Waals surface area contributed by atoms with E-state index < -0.39 is 18.8 Å². The SMILES string of the molecule is Cc1nn(Cc2ccccc2Cl)c(C)c1C(=O)OCC(F)(F)F. The van der Waals surface area contributed by atoms with E-state index in [1.807, 2.05) is 6.07 Å². The van der Waals surface area contributed by atoms with Gasteiger partial charge < -0.3 is 4.74 Å². The Balaban J connectivity index is 2.22. The summed E-state index contributed by atoms with van der Waals surface area (Å²) in [5.74, 6) is -1.04. The lowest BCUT2D eigenvalue weighted by Gasteiger charge is -2.09. The first-order valence-corrected chi connectivity index (χ1v) is 7.08. The molecule has 0 unspecified atom stereocenters. The maximum atomic E-state index is 12.2. The van der Waals surface area contributed by atoms with Gasteiger partial charge in [-0.2, -0.15) is 18.3 Å². The Bertz CT molecular complexity index is 726. The van der Waals surface area contributed by atoms with E-state index in [0.29, 0.717) is 23.0 Å². The first-order chi connectivity index (χ1) is 10.7. The summed E-state index contributed by atoms with van der Waals surface area (Å²) < 4.78 is 42.3. The first-order valence-electron chi connectivity index (χ1n) is 6.70. The highest BCUT2D eigenvalue weighted by molar-refractivity contribution is 6.31. The molecule has 4 nitrogen and oxygen atoms in total. The van der Waals surface area contributed by atoms with Gasteiger partial charge in [-0.15, -0.1) is 0 Å². The summed E-state index contributed by atoms with van der Waals surface area (Å²) in [7, 11) is 0. The van der Waals surface area contributed by atoms with Gasteiger partial charge in [-0.3, -0.25) is 4.68 Å². The van der Waals surface area contributed by atoms with E-state index in [-0.39, 0.29) is 5.56 Å². The van der Waals surface area contributed by atoms with Crippen LogP contribution in [0.4, 0.5) is 13.2 Å². The number of esters is 1. The van der Waals surface area contributed by atoms with Crippen LogP contribution < -0.4 is 0 Å². The van der Waals surface area contributed by atoms with Crippen molar-refractivity contribution in [3.8, 4) is 0 Å². The van der Waals surface area contributed by atoms with E-state index in [9.17, 15) is 18.0 Å². The number of hydrogen-bond donors (Lipinski definition) is 0. The maximum Gasteiger partial charge on any atom is 0.422 e. The standard InChI is InChI=1S/C15H14ClF3N2O2/c1-9-13(14(22)23-8-15(17,18)19)10(2)21(20-9)7-11-5-3-4-6-12(11)16/h3-6H,7-8H2,1-2H3. The predicted molar refractivity (Wildman–Crippen MR) is 78.6 cm³/mol. The molecule has 23 heavy (non-hydrogen) atoms. The van der Waals surface area contributed by atoms with E-state index in [1.54, 1.807) is 32.0 Å². The zero-order valence-corrected chi connectivity index (χ0v) is 13.2. The van der Waals surface area contributed by atoms with Crippen molar-refractivity contribution >= 4 is 17.6 Å². The Morgan fingerprint density at radius 2 is 1.96 bits per heavy atom. The summed E-state index contributed by atoms with van der Waals surface area (Å²) in [6, 6.07) is 7.12. The minimum Gasteiger partial charge on any atom is -0.452 e. The number of nitrogens with zero attached hydrogens (tertiary/aromatic N) is 2. The zero-order valence-electron chi connectivity index (χ0n) is 12.4. The van der Waals surface area contributed by atoms with E-state index in [0.717, 1.165) is 5.56 Å². The minimum absolute atomic E-state index is 0.0429. The molecule has 0 spiro atoms. The van der Waals surface area contributed by atoms with Crippen LogP contribution in [0.3, 0.4) is 0 Å². The number of aryl methyl sites for hydroxylation is 1. The molecule has 1 heterocycles. The van der Waals surface area contributed by atoms with Crippen LogP contribution >= 0.6 is 11.6 Å².